The van der Waals surface area contributed by atoms with Gasteiger partial charge in [0.25, 0.3) is 0 Å². The molecule has 19 heavy (non-hydrogen) atoms. The van der Waals surface area contributed by atoms with Crippen LogP contribution in [0.1, 0.15) is 21.6 Å². The van der Waals surface area contributed by atoms with Crippen molar-refractivity contribution in [3.05, 3.63) is 41.3 Å². The van der Waals surface area contributed by atoms with E-state index in [1.54, 1.807) is 6.92 Å². The largest absolute Gasteiger partial charge is 0.478 e. The number of rotatable bonds is 2. The summed E-state index contributed by atoms with van der Waals surface area (Å²) >= 11 is 0. The van der Waals surface area contributed by atoms with Crippen molar-refractivity contribution in [3.63, 3.8) is 0 Å². The second-order valence-electron chi connectivity index (χ2n) is 3.83. The van der Waals surface area contributed by atoms with Gasteiger partial charge < -0.3 is 5.11 Å². The molecular formula is C11H8F3N3O2. The Bertz CT molecular complexity index is 634. The van der Waals surface area contributed by atoms with Gasteiger partial charge in [-0.15, -0.1) is 0 Å². The molecule has 0 saturated heterocycles. The van der Waals surface area contributed by atoms with Crippen molar-refractivity contribution in [3.8, 4) is 5.82 Å². The molecule has 0 unspecified atom stereocenters. The molecule has 0 spiro atoms. The zero-order valence-electron chi connectivity index (χ0n) is 9.64. The average Bonchev–Trinajstić information content (AvgIpc) is 2.76. The summed E-state index contributed by atoms with van der Waals surface area (Å²) in [7, 11) is 0. The maximum Gasteiger partial charge on any atom is 0.419 e. The standard InChI is InChI=1S/C11H8F3N3O2/c1-6-2-7(10(18)19)3-9(16-6)17-5-8(4-15-17)11(12,13)14/h2-5H,1H3,(H,18,19). The van der Waals surface area contributed by atoms with Crippen molar-refractivity contribution in [1.82, 2.24) is 14.8 Å². The quantitative estimate of drug-likeness (QED) is 0.909. The molecule has 0 bridgehead atoms. The number of hydrogen-bond donors (Lipinski definition) is 1. The van der Waals surface area contributed by atoms with Crippen molar-refractivity contribution in [2.75, 3.05) is 0 Å². The average molecular weight is 271 g/mol. The topological polar surface area (TPSA) is 68.0 Å². The molecule has 2 aromatic rings. The zero-order chi connectivity index (χ0) is 14.2. The zero-order valence-corrected chi connectivity index (χ0v) is 9.64. The minimum absolute atomic E-state index is 0.0212. The third-order valence-corrected chi connectivity index (χ3v) is 2.33. The van der Waals surface area contributed by atoms with Gasteiger partial charge in [-0.05, 0) is 19.1 Å². The van der Waals surface area contributed by atoms with Gasteiger partial charge in [0.2, 0.25) is 0 Å². The highest BCUT2D eigenvalue weighted by atomic mass is 19.4. The molecule has 2 heterocycles. The molecule has 2 aromatic heterocycles. The molecule has 0 aliphatic rings. The van der Waals surface area contributed by atoms with E-state index in [9.17, 15) is 18.0 Å². The van der Waals surface area contributed by atoms with Gasteiger partial charge in [0.05, 0.1) is 17.3 Å². The van der Waals surface area contributed by atoms with Crippen molar-refractivity contribution >= 4 is 5.97 Å². The Morgan fingerprint density at radius 3 is 2.58 bits per heavy atom. The van der Waals surface area contributed by atoms with Crippen LogP contribution in [0.3, 0.4) is 0 Å². The molecule has 5 nitrogen and oxygen atoms in total. The van der Waals surface area contributed by atoms with Gasteiger partial charge in [0, 0.05) is 11.9 Å². The van der Waals surface area contributed by atoms with Crippen molar-refractivity contribution in [2.24, 2.45) is 0 Å². The van der Waals surface area contributed by atoms with E-state index in [0.29, 0.717) is 11.9 Å². The Hall–Kier alpha value is -2.38. The van der Waals surface area contributed by atoms with Crippen molar-refractivity contribution in [2.45, 2.75) is 13.1 Å². The number of aryl methyl sites for hydroxylation is 1. The Kier molecular flexibility index (Phi) is 3.01. The summed E-state index contributed by atoms with van der Waals surface area (Å²) in [5, 5.41) is 12.4. The van der Waals surface area contributed by atoms with Crippen LogP contribution >= 0.6 is 0 Å². The van der Waals surface area contributed by atoms with Crippen LogP contribution in [0.15, 0.2) is 24.5 Å². The van der Waals surface area contributed by atoms with Crippen LogP contribution in [0, 0.1) is 6.92 Å². The highest BCUT2D eigenvalue weighted by molar-refractivity contribution is 5.88. The first-order chi connectivity index (χ1) is 8.77. The molecule has 2 rings (SSSR count). The summed E-state index contributed by atoms with van der Waals surface area (Å²) in [6.07, 6.45) is -3.09. The normalized spacial score (nSPS) is 11.6. The van der Waals surface area contributed by atoms with Crippen LogP contribution in [0.2, 0.25) is 0 Å². The summed E-state index contributed by atoms with van der Waals surface area (Å²) < 4.78 is 38.2. The highest BCUT2D eigenvalue weighted by Crippen LogP contribution is 2.29. The lowest BCUT2D eigenvalue weighted by atomic mass is 10.2. The van der Waals surface area contributed by atoms with Crippen LogP contribution in [0.4, 0.5) is 13.2 Å². The molecule has 0 saturated carbocycles. The molecule has 8 heteroatoms. The van der Waals surface area contributed by atoms with E-state index >= 15 is 0 Å². The van der Waals surface area contributed by atoms with Crippen molar-refractivity contribution < 1.29 is 23.1 Å². The maximum absolute atomic E-state index is 12.4. The lowest BCUT2D eigenvalue weighted by Gasteiger charge is -2.04. The first-order valence-electron chi connectivity index (χ1n) is 5.11. The molecule has 100 valence electrons. The molecule has 1 N–H and O–H groups in total. The maximum atomic E-state index is 12.4. The third-order valence-electron chi connectivity index (χ3n) is 2.33. The minimum Gasteiger partial charge on any atom is -0.478 e. The SMILES string of the molecule is Cc1cc(C(=O)O)cc(-n2cc(C(F)(F)F)cn2)n1. The monoisotopic (exact) mass is 271 g/mol. The number of carboxylic acids is 1. The molecule has 0 aromatic carbocycles. The second kappa shape index (κ2) is 4.38. The molecule has 0 fully saturated rings. The van der Waals surface area contributed by atoms with Crippen LogP contribution in [-0.2, 0) is 6.18 Å². The Morgan fingerprint density at radius 2 is 2.05 bits per heavy atom. The fraction of sp³-hybridized carbons (Fsp3) is 0.182. The Morgan fingerprint density at radius 1 is 1.37 bits per heavy atom. The van der Waals surface area contributed by atoms with Gasteiger partial charge in [-0.2, -0.15) is 18.3 Å². The highest BCUT2D eigenvalue weighted by Gasteiger charge is 2.32. The Balaban J connectivity index is 2.47. The number of aromatic nitrogens is 3. The van der Waals surface area contributed by atoms with E-state index in [-0.39, 0.29) is 11.4 Å². The van der Waals surface area contributed by atoms with Gasteiger partial charge in [-0.25, -0.2) is 14.5 Å². The molecule has 0 atom stereocenters. The molecule has 0 aliphatic carbocycles. The fourth-order valence-electron chi connectivity index (χ4n) is 1.49. The summed E-state index contributed by atoms with van der Waals surface area (Å²) in [4.78, 5) is 14.8. The van der Waals surface area contributed by atoms with Gasteiger partial charge >= 0.3 is 12.1 Å². The van der Waals surface area contributed by atoms with Gasteiger partial charge in [0.15, 0.2) is 5.82 Å². The van der Waals surface area contributed by atoms with E-state index in [2.05, 4.69) is 10.1 Å². The van der Waals surface area contributed by atoms with Gasteiger partial charge in [-0.3, -0.25) is 0 Å². The van der Waals surface area contributed by atoms with Crippen LogP contribution in [-0.4, -0.2) is 25.8 Å². The molecule has 0 amide bonds. The minimum atomic E-state index is -4.50. The lowest BCUT2D eigenvalue weighted by molar-refractivity contribution is -0.137. The predicted octanol–water partition coefficient (Wildman–Crippen LogP) is 2.29. The summed E-state index contributed by atoms with van der Waals surface area (Å²) in [6, 6.07) is 2.47. The van der Waals surface area contributed by atoms with Crippen LogP contribution < -0.4 is 0 Å². The lowest BCUT2D eigenvalue weighted by Crippen LogP contribution is -2.05. The smallest absolute Gasteiger partial charge is 0.419 e. The number of alkyl halides is 3. The number of carboxylic acid groups (broad SMARTS) is 1. The fourth-order valence-corrected chi connectivity index (χ4v) is 1.49. The number of nitrogens with zero attached hydrogens (tertiary/aromatic N) is 3. The number of pyridine rings is 1. The molecule has 0 radical (unpaired) electrons. The van der Waals surface area contributed by atoms with E-state index in [1.165, 1.54) is 6.07 Å². The van der Waals surface area contributed by atoms with Gasteiger partial charge in [-0.1, -0.05) is 0 Å². The number of carbonyl (C=O) groups is 1. The molecular weight excluding hydrogens is 263 g/mol. The number of halogens is 3. The summed E-state index contributed by atoms with van der Waals surface area (Å²) in [5.41, 5.74) is -0.613. The summed E-state index contributed by atoms with van der Waals surface area (Å²) in [5.74, 6) is -1.16. The van der Waals surface area contributed by atoms with E-state index in [0.717, 1.165) is 16.9 Å². The van der Waals surface area contributed by atoms with Crippen LogP contribution in [0.25, 0.3) is 5.82 Å². The third kappa shape index (κ3) is 2.72. The molecule has 0 aliphatic heterocycles. The van der Waals surface area contributed by atoms with E-state index in [1.807, 2.05) is 0 Å². The van der Waals surface area contributed by atoms with Crippen molar-refractivity contribution in [1.29, 1.82) is 0 Å². The van der Waals surface area contributed by atoms with Gasteiger partial charge in [0.1, 0.15) is 0 Å². The van der Waals surface area contributed by atoms with Crippen LogP contribution in [0.5, 0.6) is 0 Å². The second-order valence-corrected chi connectivity index (χ2v) is 3.83. The predicted molar refractivity (Wildman–Crippen MR) is 58.1 cm³/mol. The number of hydrogen-bond acceptors (Lipinski definition) is 3. The van der Waals surface area contributed by atoms with E-state index in [4.69, 9.17) is 5.11 Å². The summed E-state index contributed by atoms with van der Waals surface area (Å²) in [6.45, 7) is 1.55. The van der Waals surface area contributed by atoms with E-state index < -0.39 is 17.7 Å². The first-order valence-corrected chi connectivity index (χ1v) is 5.11. The first kappa shape index (κ1) is 13.1. The Labute approximate surface area is 105 Å². The number of aromatic carboxylic acids is 1.